The third kappa shape index (κ3) is 4.57. The van der Waals surface area contributed by atoms with Gasteiger partial charge in [-0.1, -0.05) is 12.2 Å². The molecule has 0 spiro atoms. The van der Waals surface area contributed by atoms with Crippen LogP contribution in [0.5, 0.6) is 0 Å². The lowest BCUT2D eigenvalue weighted by atomic mass is 10.2. The van der Waals surface area contributed by atoms with Crippen molar-refractivity contribution in [1.29, 1.82) is 0 Å². The summed E-state index contributed by atoms with van der Waals surface area (Å²) in [5.41, 5.74) is 5.40. The van der Waals surface area contributed by atoms with Crippen molar-refractivity contribution >= 4 is 23.1 Å². The SMILES string of the molecule is CN(CCC(N)=S)C(=O)CN1CCCC1CO. The van der Waals surface area contributed by atoms with Crippen molar-refractivity contribution in [2.45, 2.75) is 25.3 Å². The van der Waals surface area contributed by atoms with Crippen molar-refractivity contribution in [1.82, 2.24) is 9.80 Å². The van der Waals surface area contributed by atoms with Gasteiger partial charge in [0.2, 0.25) is 5.91 Å². The van der Waals surface area contributed by atoms with Crippen LogP contribution in [0.1, 0.15) is 19.3 Å². The summed E-state index contributed by atoms with van der Waals surface area (Å²) in [5, 5.41) is 9.16. The third-order valence-corrected chi connectivity index (χ3v) is 3.37. The molecule has 1 amide bonds. The van der Waals surface area contributed by atoms with Crippen LogP contribution in [0.3, 0.4) is 0 Å². The number of nitrogens with two attached hydrogens (primary N) is 1. The fraction of sp³-hybridized carbons (Fsp3) is 0.818. The van der Waals surface area contributed by atoms with E-state index < -0.39 is 0 Å². The zero-order valence-corrected chi connectivity index (χ0v) is 11.1. The van der Waals surface area contributed by atoms with Gasteiger partial charge in [0.15, 0.2) is 0 Å². The van der Waals surface area contributed by atoms with E-state index in [1.54, 1.807) is 11.9 Å². The number of aliphatic hydroxyl groups is 1. The van der Waals surface area contributed by atoms with Gasteiger partial charge < -0.3 is 15.7 Å². The molecule has 0 bridgehead atoms. The minimum absolute atomic E-state index is 0.0570. The number of likely N-dealkylation sites (tertiary alicyclic amines) is 1. The Morgan fingerprint density at radius 3 is 2.94 bits per heavy atom. The number of hydrogen-bond donors (Lipinski definition) is 2. The first-order valence-electron chi connectivity index (χ1n) is 5.91. The van der Waals surface area contributed by atoms with Crippen LogP contribution in [-0.4, -0.2) is 65.1 Å². The second kappa shape index (κ2) is 6.88. The van der Waals surface area contributed by atoms with Crippen LogP contribution in [0.2, 0.25) is 0 Å². The summed E-state index contributed by atoms with van der Waals surface area (Å²) in [6.07, 6.45) is 2.58. The minimum atomic E-state index is 0.0570. The van der Waals surface area contributed by atoms with Crippen molar-refractivity contribution in [2.75, 3.05) is 33.3 Å². The van der Waals surface area contributed by atoms with E-state index in [1.165, 1.54) is 0 Å². The zero-order valence-electron chi connectivity index (χ0n) is 10.3. The van der Waals surface area contributed by atoms with Crippen molar-refractivity contribution in [3.8, 4) is 0 Å². The maximum Gasteiger partial charge on any atom is 0.236 e. The molecule has 1 aliphatic rings. The van der Waals surface area contributed by atoms with Crippen molar-refractivity contribution in [3.63, 3.8) is 0 Å². The normalized spacial score (nSPS) is 20.5. The van der Waals surface area contributed by atoms with Crippen LogP contribution in [0.15, 0.2) is 0 Å². The third-order valence-electron chi connectivity index (χ3n) is 3.17. The number of thiocarbonyl (C=S) groups is 1. The van der Waals surface area contributed by atoms with Gasteiger partial charge in [-0.15, -0.1) is 0 Å². The van der Waals surface area contributed by atoms with Gasteiger partial charge in [0.25, 0.3) is 0 Å². The number of rotatable bonds is 6. The molecule has 0 saturated carbocycles. The molecule has 5 nitrogen and oxygen atoms in total. The molecule has 1 fully saturated rings. The van der Waals surface area contributed by atoms with Crippen molar-refractivity contribution in [2.24, 2.45) is 5.73 Å². The Hall–Kier alpha value is -0.720. The molecule has 98 valence electrons. The van der Waals surface area contributed by atoms with Gasteiger partial charge in [0, 0.05) is 26.1 Å². The number of nitrogens with zero attached hydrogens (tertiary/aromatic N) is 2. The van der Waals surface area contributed by atoms with Crippen LogP contribution in [-0.2, 0) is 4.79 Å². The van der Waals surface area contributed by atoms with E-state index in [1.807, 2.05) is 4.90 Å². The Bertz CT molecular complexity index is 286. The first-order valence-corrected chi connectivity index (χ1v) is 6.32. The fourth-order valence-electron chi connectivity index (χ4n) is 2.01. The molecule has 6 heteroatoms. The molecule has 0 aromatic heterocycles. The Labute approximate surface area is 108 Å². The topological polar surface area (TPSA) is 69.8 Å². The second-order valence-electron chi connectivity index (χ2n) is 4.48. The minimum Gasteiger partial charge on any atom is -0.395 e. The molecule has 1 rings (SSSR count). The number of likely N-dealkylation sites (N-methyl/N-ethyl adjacent to an activating group) is 1. The van der Waals surface area contributed by atoms with Gasteiger partial charge in [-0.3, -0.25) is 9.69 Å². The highest BCUT2D eigenvalue weighted by Gasteiger charge is 2.26. The summed E-state index contributed by atoms with van der Waals surface area (Å²) in [4.78, 5) is 16.0. The molecule has 0 aromatic rings. The molecule has 1 unspecified atom stereocenters. The smallest absolute Gasteiger partial charge is 0.236 e. The molecule has 0 radical (unpaired) electrons. The molecule has 17 heavy (non-hydrogen) atoms. The average Bonchev–Trinajstić information content (AvgIpc) is 2.72. The quantitative estimate of drug-likeness (QED) is 0.634. The molecule has 1 aliphatic heterocycles. The monoisotopic (exact) mass is 259 g/mol. The van der Waals surface area contributed by atoms with Crippen LogP contribution in [0.25, 0.3) is 0 Å². The highest BCUT2D eigenvalue weighted by atomic mass is 32.1. The first-order chi connectivity index (χ1) is 8.04. The first kappa shape index (κ1) is 14.3. The summed E-state index contributed by atoms with van der Waals surface area (Å²) >= 11 is 4.78. The van der Waals surface area contributed by atoms with Gasteiger partial charge in [-0.25, -0.2) is 0 Å². The van der Waals surface area contributed by atoms with E-state index in [2.05, 4.69) is 0 Å². The van der Waals surface area contributed by atoms with Crippen molar-refractivity contribution in [3.05, 3.63) is 0 Å². The fourth-order valence-corrected chi connectivity index (χ4v) is 2.10. The van der Waals surface area contributed by atoms with E-state index in [9.17, 15) is 4.79 Å². The van der Waals surface area contributed by atoms with Gasteiger partial charge in [-0.2, -0.15) is 0 Å². The molecular weight excluding hydrogens is 238 g/mol. The lowest BCUT2D eigenvalue weighted by Crippen LogP contribution is -2.42. The highest BCUT2D eigenvalue weighted by molar-refractivity contribution is 7.80. The number of aliphatic hydroxyl groups excluding tert-OH is 1. The van der Waals surface area contributed by atoms with Crippen LogP contribution >= 0.6 is 12.2 Å². The van der Waals surface area contributed by atoms with Crippen LogP contribution in [0, 0.1) is 0 Å². The molecule has 3 N–H and O–H groups in total. The lowest BCUT2D eigenvalue weighted by Gasteiger charge is -2.25. The number of amides is 1. The molecule has 0 aliphatic carbocycles. The molecule has 1 heterocycles. The summed E-state index contributed by atoms with van der Waals surface area (Å²) in [6.45, 7) is 1.95. The summed E-state index contributed by atoms with van der Waals surface area (Å²) in [6, 6.07) is 0.142. The largest absolute Gasteiger partial charge is 0.395 e. The Kier molecular flexibility index (Phi) is 5.80. The number of hydrogen-bond acceptors (Lipinski definition) is 4. The van der Waals surface area contributed by atoms with Crippen LogP contribution < -0.4 is 5.73 Å². The average molecular weight is 259 g/mol. The lowest BCUT2D eigenvalue weighted by molar-refractivity contribution is -0.131. The summed E-state index contributed by atoms with van der Waals surface area (Å²) < 4.78 is 0. The standard InChI is InChI=1S/C11H21N3O2S/c1-13(6-4-10(12)17)11(16)7-14-5-2-3-9(14)8-15/h9,15H,2-8H2,1H3,(H2,12,17). The van der Waals surface area contributed by atoms with E-state index in [0.29, 0.717) is 24.5 Å². The Morgan fingerprint density at radius 2 is 2.35 bits per heavy atom. The molecule has 1 atom stereocenters. The van der Waals surface area contributed by atoms with E-state index in [0.717, 1.165) is 19.4 Å². The van der Waals surface area contributed by atoms with Gasteiger partial charge in [0.1, 0.15) is 0 Å². The number of carbonyl (C=O) groups is 1. The number of carbonyl (C=O) groups excluding carboxylic acids is 1. The van der Waals surface area contributed by atoms with E-state index in [4.69, 9.17) is 23.1 Å². The Morgan fingerprint density at radius 1 is 1.65 bits per heavy atom. The maximum absolute atomic E-state index is 11.9. The van der Waals surface area contributed by atoms with E-state index >= 15 is 0 Å². The molecular formula is C11H21N3O2S. The van der Waals surface area contributed by atoms with Crippen LogP contribution in [0.4, 0.5) is 0 Å². The Balaban J connectivity index is 2.34. The van der Waals surface area contributed by atoms with Crippen molar-refractivity contribution < 1.29 is 9.90 Å². The van der Waals surface area contributed by atoms with Gasteiger partial charge in [-0.05, 0) is 19.4 Å². The van der Waals surface area contributed by atoms with Gasteiger partial charge >= 0.3 is 0 Å². The molecule has 1 saturated heterocycles. The predicted octanol–water partition coefficient (Wildman–Crippen LogP) is -0.422. The zero-order chi connectivity index (χ0) is 12.8. The summed E-state index contributed by atoms with van der Waals surface area (Å²) in [5.74, 6) is 0.0570. The maximum atomic E-state index is 11.9. The highest BCUT2D eigenvalue weighted by Crippen LogP contribution is 2.16. The predicted molar refractivity (Wildman–Crippen MR) is 70.7 cm³/mol. The second-order valence-corrected chi connectivity index (χ2v) is 5.01. The molecule has 0 aromatic carbocycles. The van der Waals surface area contributed by atoms with E-state index in [-0.39, 0.29) is 18.6 Å². The summed E-state index contributed by atoms with van der Waals surface area (Å²) in [7, 11) is 1.75. The van der Waals surface area contributed by atoms with Gasteiger partial charge in [0.05, 0.1) is 18.1 Å².